The summed E-state index contributed by atoms with van der Waals surface area (Å²) in [5, 5.41) is 0.753. The van der Waals surface area contributed by atoms with E-state index in [0.717, 1.165) is 22.9 Å². The molecule has 2 aromatic heterocycles. The van der Waals surface area contributed by atoms with Crippen molar-refractivity contribution in [1.29, 1.82) is 0 Å². The third kappa shape index (κ3) is 2.49. The molecule has 102 valence electrons. The van der Waals surface area contributed by atoms with E-state index in [-0.39, 0.29) is 0 Å². The van der Waals surface area contributed by atoms with Crippen molar-refractivity contribution < 1.29 is 0 Å². The van der Waals surface area contributed by atoms with E-state index in [1.165, 1.54) is 19.5 Å². The second kappa shape index (κ2) is 5.14. The van der Waals surface area contributed by atoms with Gasteiger partial charge in [-0.1, -0.05) is 17.7 Å². The average Bonchev–Trinajstić information content (AvgIpc) is 2.98. The summed E-state index contributed by atoms with van der Waals surface area (Å²) in [5.41, 5.74) is 1.08. The monoisotopic (exact) mass is 277 g/mol. The number of likely N-dealkylation sites (tertiary alicyclic amines) is 1. The van der Waals surface area contributed by atoms with Crippen LogP contribution in [0.4, 0.5) is 0 Å². The number of rotatable bonds is 3. The summed E-state index contributed by atoms with van der Waals surface area (Å²) in [7, 11) is 0. The van der Waals surface area contributed by atoms with Crippen LogP contribution in [0, 0.1) is 5.92 Å². The summed E-state index contributed by atoms with van der Waals surface area (Å²) in [6, 6.07) is 6.59. The van der Waals surface area contributed by atoms with Crippen LogP contribution in [0.5, 0.6) is 0 Å². The molecule has 0 N–H and O–H groups in total. The van der Waals surface area contributed by atoms with Gasteiger partial charge in [0.2, 0.25) is 0 Å². The molecule has 1 aliphatic heterocycles. The number of imidazole rings is 1. The topological polar surface area (TPSA) is 20.5 Å². The van der Waals surface area contributed by atoms with Crippen molar-refractivity contribution in [2.24, 2.45) is 5.92 Å². The maximum Gasteiger partial charge on any atom is 0.114 e. The number of nitrogens with zero attached hydrogens (tertiary/aromatic N) is 3. The van der Waals surface area contributed by atoms with Crippen LogP contribution in [0.15, 0.2) is 24.4 Å². The molecule has 0 aliphatic carbocycles. The molecule has 19 heavy (non-hydrogen) atoms. The summed E-state index contributed by atoms with van der Waals surface area (Å²) in [4.78, 5) is 7.09. The first kappa shape index (κ1) is 12.9. The fraction of sp³-hybridized carbons (Fsp3) is 0.533. The van der Waals surface area contributed by atoms with E-state index in [2.05, 4.69) is 34.2 Å². The molecule has 4 heteroatoms. The SMILES string of the molecule is CC(C)N1CCC(Cc2ncc3cccc(Cl)n23)C1. The van der Waals surface area contributed by atoms with Crippen molar-refractivity contribution in [3.8, 4) is 0 Å². The van der Waals surface area contributed by atoms with Gasteiger partial charge in [0, 0.05) is 19.0 Å². The predicted octanol–water partition coefficient (Wildman–Crippen LogP) is 3.26. The molecule has 3 rings (SSSR count). The number of pyridine rings is 1. The predicted molar refractivity (Wildman–Crippen MR) is 78.7 cm³/mol. The van der Waals surface area contributed by atoms with Crippen molar-refractivity contribution in [1.82, 2.24) is 14.3 Å². The van der Waals surface area contributed by atoms with E-state index >= 15 is 0 Å². The molecule has 0 bridgehead atoms. The third-order valence-electron chi connectivity index (χ3n) is 4.10. The van der Waals surface area contributed by atoms with Crippen LogP contribution in [-0.4, -0.2) is 33.4 Å². The molecule has 0 saturated carbocycles. The van der Waals surface area contributed by atoms with Crippen LogP contribution in [-0.2, 0) is 6.42 Å². The molecule has 1 unspecified atom stereocenters. The van der Waals surface area contributed by atoms with Gasteiger partial charge < -0.3 is 4.90 Å². The summed E-state index contributed by atoms with van der Waals surface area (Å²) >= 11 is 6.28. The zero-order valence-corrected chi connectivity index (χ0v) is 12.3. The lowest BCUT2D eigenvalue weighted by molar-refractivity contribution is 0.264. The van der Waals surface area contributed by atoms with Gasteiger partial charge in [-0.25, -0.2) is 4.98 Å². The molecule has 3 heterocycles. The van der Waals surface area contributed by atoms with E-state index in [9.17, 15) is 0 Å². The highest BCUT2D eigenvalue weighted by Crippen LogP contribution is 2.24. The molecule has 0 radical (unpaired) electrons. The highest BCUT2D eigenvalue weighted by atomic mass is 35.5. The Hall–Kier alpha value is -1.06. The lowest BCUT2D eigenvalue weighted by Crippen LogP contribution is -2.28. The average molecular weight is 278 g/mol. The van der Waals surface area contributed by atoms with Crippen molar-refractivity contribution in [3.63, 3.8) is 0 Å². The lowest BCUT2D eigenvalue weighted by Gasteiger charge is -2.20. The number of aromatic nitrogens is 2. The maximum atomic E-state index is 6.28. The van der Waals surface area contributed by atoms with E-state index in [4.69, 9.17) is 11.6 Å². The highest BCUT2D eigenvalue weighted by molar-refractivity contribution is 6.29. The zero-order valence-electron chi connectivity index (χ0n) is 11.5. The first-order chi connectivity index (χ1) is 9.15. The Morgan fingerprint density at radius 3 is 3.00 bits per heavy atom. The van der Waals surface area contributed by atoms with Gasteiger partial charge >= 0.3 is 0 Å². The van der Waals surface area contributed by atoms with Gasteiger partial charge in [0.05, 0.1) is 11.7 Å². The fourth-order valence-corrected chi connectivity index (χ4v) is 3.24. The van der Waals surface area contributed by atoms with Crippen LogP contribution in [0.25, 0.3) is 5.52 Å². The second-order valence-corrected chi connectivity index (χ2v) is 6.12. The number of halogens is 1. The van der Waals surface area contributed by atoms with Crippen molar-refractivity contribution in [2.45, 2.75) is 32.7 Å². The fourth-order valence-electron chi connectivity index (χ4n) is 2.97. The highest BCUT2D eigenvalue weighted by Gasteiger charge is 2.25. The molecule has 1 atom stereocenters. The van der Waals surface area contributed by atoms with Crippen LogP contribution in [0.1, 0.15) is 26.1 Å². The largest absolute Gasteiger partial charge is 0.301 e. The molecule has 1 fully saturated rings. The molecular weight excluding hydrogens is 258 g/mol. The molecule has 3 nitrogen and oxygen atoms in total. The van der Waals surface area contributed by atoms with Crippen molar-refractivity contribution in [3.05, 3.63) is 35.4 Å². The first-order valence-electron chi connectivity index (χ1n) is 7.00. The summed E-state index contributed by atoms with van der Waals surface area (Å²) < 4.78 is 2.07. The summed E-state index contributed by atoms with van der Waals surface area (Å²) in [5.74, 6) is 1.79. The number of hydrogen-bond donors (Lipinski definition) is 0. The van der Waals surface area contributed by atoms with Crippen LogP contribution in [0.2, 0.25) is 5.15 Å². The van der Waals surface area contributed by atoms with Gasteiger partial charge in [-0.3, -0.25) is 4.40 Å². The minimum absolute atomic E-state index is 0.644. The summed E-state index contributed by atoms with van der Waals surface area (Å²) in [6.07, 6.45) is 4.19. The molecule has 0 aromatic carbocycles. The smallest absolute Gasteiger partial charge is 0.114 e. The molecule has 2 aromatic rings. The Balaban J connectivity index is 1.79. The van der Waals surface area contributed by atoms with Gasteiger partial charge in [-0.2, -0.15) is 0 Å². The van der Waals surface area contributed by atoms with Crippen LogP contribution < -0.4 is 0 Å². The Bertz CT molecular complexity index is 576. The van der Waals surface area contributed by atoms with E-state index in [1.807, 2.05) is 18.3 Å². The zero-order chi connectivity index (χ0) is 13.4. The van der Waals surface area contributed by atoms with E-state index in [1.54, 1.807) is 0 Å². The number of hydrogen-bond acceptors (Lipinski definition) is 2. The quantitative estimate of drug-likeness (QED) is 0.803. The second-order valence-electron chi connectivity index (χ2n) is 5.73. The molecule has 0 amide bonds. The Morgan fingerprint density at radius 1 is 1.42 bits per heavy atom. The van der Waals surface area contributed by atoms with E-state index in [0.29, 0.717) is 12.0 Å². The normalized spacial score (nSPS) is 20.7. The van der Waals surface area contributed by atoms with Gasteiger partial charge in [0.25, 0.3) is 0 Å². The molecule has 1 saturated heterocycles. The molecule has 1 aliphatic rings. The van der Waals surface area contributed by atoms with Crippen LogP contribution >= 0.6 is 11.6 Å². The summed E-state index contributed by atoms with van der Waals surface area (Å²) in [6.45, 7) is 6.92. The molecular formula is C15H20ClN3. The number of fused-ring (bicyclic) bond motifs is 1. The van der Waals surface area contributed by atoms with E-state index < -0.39 is 0 Å². The van der Waals surface area contributed by atoms with Crippen molar-refractivity contribution in [2.75, 3.05) is 13.1 Å². The van der Waals surface area contributed by atoms with Crippen molar-refractivity contribution >= 4 is 17.1 Å². The van der Waals surface area contributed by atoms with Gasteiger partial charge in [-0.05, 0) is 44.9 Å². The standard InChI is InChI=1S/C15H20ClN3/c1-11(2)18-7-6-12(10-18)8-15-17-9-13-4-3-5-14(16)19(13)15/h3-5,9,11-12H,6-8,10H2,1-2H3. The van der Waals surface area contributed by atoms with Crippen LogP contribution in [0.3, 0.4) is 0 Å². The molecule has 0 spiro atoms. The third-order valence-corrected chi connectivity index (χ3v) is 4.39. The lowest BCUT2D eigenvalue weighted by atomic mass is 10.0. The van der Waals surface area contributed by atoms with Gasteiger partial charge in [0.1, 0.15) is 11.0 Å². The van der Waals surface area contributed by atoms with Gasteiger partial charge in [-0.15, -0.1) is 0 Å². The maximum absolute atomic E-state index is 6.28. The minimum Gasteiger partial charge on any atom is -0.301 e. The Morgan fingerprint density at radius 2 is 2.26 bits per heavy atom. The Kier molecular flexibility index (Phi) is 3.50. The first-order valence-corrected chi connectivity index (χ1v) is 7.38. The van der Waals surface area contributed by atoms with Gasteiger partial charge in [0.15, 0.2) is 0 Å². The minimum atomic E-state index is 0.644. The Labute approximate surface area is 119 Å².